The van der Waals surface area contributed by atoms with Crippen LogP contribution in [0.1, 0.15) is 49.0 Å². The number of hydrogen-bond acceptors (Lipinski definition) is 3. The quantitative estimate of drug-likeness (QED) is 0.574. The molecule has 0 unspecified atom stereocenters. The van der Waals surface area contributed by atoms with Gasteiger partial charge in [0.2, 0.25) is 5.91 Å². The van der Waals surface area contributed by atoms with E-state index in [1.54, 1.807) is 28.8 Å². The Balaban J connectivity index is 1.38. The van der Waals surface area contributed by atoms with Crippen molar-refractivity contribution < 1.29 is 13.6 Å². The van der Waals surface area contributed by atoms with Crippen LogP contribution < -0.4 is 5.69 Å². The minimum absolute atomic E-state index is 0.00000901. The van der Waals surface area contributed by atoms with Gasteiger partial charge in [0, 0.05) is 38.0 Å². The molecule has 1 aliphatic rings. The lowest BCUT2D eigenvalue weighted by atomic mass is 10.0. The summed E-state index contributed by atoms with van der Waals surface area (Å²) in [6, 6.07) is 15.3. The van der Waals surface area contributed by atoms with Crippen LogP contribution in [0.5, 0.6) is 0 Å². The van der Waals surface area contributed by atoms with Crippen LogP contribution in [-0.2, 0) is 5.92 Å². The highest BCUT2D eigenvalue weighted by atomic mass is 19.3. The summed E-state index contributed by atoms with van der Waals surface area (Å²) < 4.78 is 31.7. The lowest BCUT2D eigenvalue weighted by Crippen LogP contribution is -2.39. The molecule has 7 heteroatoms. The largest absolute Gasteiger partial charge is 0.336 e. The molecule has 1 aliphatic heterocycles. The van der Waals surface area contributed by atoms with Crippen molar-refractivity contribution in [3.63, 3.8) is 0 Å². The fraction of sp³-hybridized carbons (Fsp3) is 0.417. The zero-order valence-corrected chi connectivity index (χ0v) is 17.6. The van der Waals surface area contributed by atoms with Gasteiger partial charge < -0.3 is 4.90 Å². The second-order valence-corrected chi connectivity index (χ2v) is 8.24. The second-order valence-electron chi connectivity index (χ2n) is 8.24. The van der Waals surface area contributed by atoms with E-state index in [4.69, 9.17) is 0 Å². The van der Waals surface area contributed by atoms with Gasteiger partial charge in [-0.1, -0.05) is 42.5 Å². The summed E-state index contributed by atoms with van der Waals surface area (Å²) in [5, 5.41) is 0. The van der Waals surface area contributed by atoms with Gasteiger partial charge in [0.25, 0.3) is 5.92 Å². The average molecular weight is 427 g/mol. The maximum atomic E-state index is 14.4. The van der Waals surface area contributed by atoms with Crippen LogP contribution in [0, 0.1) is 0 Å². The number of para-hydroxylation sites is 2. The van der Waals surface area contributed by atoms with Crippen molar-refractivity contribution in [2.24, 2.45) is 0 Å². The van der Waals surface area contributed by atoms with E-state index in [0.29, 0.717) is 18.5 Å². The Kier molecular flexibility index (Phi) is 6.05. The first-order valence-electron chi connectivity index (χ1n) is 10.8. The number of hydrogen-bond donors (Lipinski definition) is 0. The number of carbonyl (C=O) groups excluding carboxylic acids is 1. The summed E-state index contributed by atoms with van der Waals surface area (Å²) in [6.45, 7) is 3.49. The SMILES string of the molecule is CC(=O)n1c(=O)n(C2CCN(CCCC(F)(F)c3ccccc3)CC2)c2ccccc21. The van der Waals surface area contributed by atoms with Gasteiger partial charge in [0.05, 0.1) is 11.0 Å². The first kappa shape index (κ1) is 21.4. The molecule has 0 saturated carbocycles. The predicted molar refractivity (Wildman–Crippen MR) is 117 cm³/mol. The highest BCUT2D eigenvalue weighted by Gasteiger charge is 2.31. The van der Waals surface area contributed by atoms with E-state index in [1.165, 1.54) is 23.6 Å². The average Bonchev–Trinajstić information content (AvgIpc) is 3.07. The second kappa shape index (κ2) is 8.75. The maximum Gasteiger partial charge on any atom is 0.336 e. The number of alkyl halides is 2. The molecule has 2 heterocycles. The van der Waals surface area contributed by atoms with Crippen molar-refractivity contribution in [1.29, 1.82) is 0 Å². The Bertz CT molecular complexity index is 1110. The van der Waals surface area contributed by atoms with Crippen LogP contribution in [0.3, 0.4) is 0 Å². The maximum absolute atomic E-state index is 14.4. The van der Waals surface area contributed by atoms with Crippen molar-refractivity contribution in [3.8, 4) is 0 Å². The predicted octanol–water partition coefficient (Wildman–Crippen LogP) is 4.67. The van der Waals surface area contributed by atoms with Crippen LogP contribution in [-0.4, -0.2) is 39.6 Å². The normalized spacial score (nSPS) is 16.1. The fourth-order valence-corrected chi connectivity index (χ4v) is 4.58. The van der Waals surface area contributed by atoms with Crippen molar-refractivity contribution in [2.45, 2.75) is 44.6 Å². The van der Waals surface area contributed by atoms with E-state index in [-0.39, 0.29) is 29.6 Å². The molecule has 3 aromatic rings. The number of benzene rings is 2. The molecule has 0 amide bonds. The molecule has 0 aliphatic carbocycles. The number of imidazole rings is 1. The minimum atomic E-state index is -2.82. The summed E-state index contributed by atoms with van der Waals surface area (Å²) in [5.74, 6) is -3.11. The molecule has 31 heavy (non-hydrogen) atoms. The first-order valence-corrected chi connectivity index (χ1v) is 10.8. The zero-order chi connectivity index (χ0) is 22.0. The Hall–Kier alpha value is -2.80. The number of rotatable bonds is 6. The van der Waals surface area contributed by atoms with Gasteiger partial charge in [-0.15, -0.1) is 0 Å². The Labute approximate surface area is 179 Å². The highest BCUT2D eigenvalue weighted by molar-refractivity contribution is 5.89. The Morgan fingerprint density at radius 2 is 1.61 bits per heavy atom. The number of carbonyl (C=O) groups is 1. The number of nitrogens with zero attached hydrogens (tertiary/aromatic N) is 3. The lowest BCUT2D eigenvalue weighted by Gasteiger charge is -2.32. The molecule has 164 valence electrons. The van der Waals surface area contributed by atoms with Gasteiger partial charge in [-0.2, -0.15) is 0 Å². The third kappa shape index (κ3) is 4.32. The number of fused-ring (bicyclic) bond motifs is 1. The molecular formula is C24H27F2N3O2. The van der Waals surface area contributed by atoms with E-state index in [0.717, 1.165) is 31.4 Å². The minimum Gasteiger partial charge on any atom is -0.303 e. The third-order valence-electron chi connectivity index (χ3n) is 6.18. The molecule has 0 N–H and O–H groups in total. The molecule has 0 bridgehead atoms. The standard InChI is InChI=1S/C24H27F2N3O2/c1-18(30)28-21-10-5-6-11-22(21)29(23(28)31)20-12-16-27(17-13-20)15-7-14-24(25,26)19-8-3-2-4-9-19/h2-6,8-11,20H,7,12-17H2,1H3. The van der Waals surface area contributed by atoms with Gasteiger partial charge in [-0.25, -0.2) is 18.1 Å². The number of halogens is 2. The number of likely N-dealkylation sites (tertiary alicyclic amines) is 1. The number of piperidine rings is 1. The molecule has 0 radical (unpaired) electrons. The van der Waals surface area contributed by atoms with Gasteiger partial charge in [-0.05, 0) is 37.9 Å². The molecule has 0 atom stereocenters. The summed E-state index contributed by atoms with van der Waals surface area (Å²) in [7, 11) is 0. The lowest BCUT2D eigenvalue weighted by molar-refractivity contribution is -0.0179. The number of aromatic nitrogens is 2. The van der Waals surface area contributed by atoms with Crippen molar-refractivity contribution in [2.75, 3.05) is 19.6 Å². The molecule has 1 fully saturated rings. The zero-order valence-electron chi connectivity index (χ0n) is 17.6. The fourth-order valence-electron chi connectivity index (χ4n) is 4.58. The van der Waals surface area contributed by atoms with Crippen LogP contribution in [0.15, 0.2) is 59.4 Å². The van der Waals surface area contributed by atoms with Crippen LogP contribution in [0.25, 0.3) is 11.0 Å². The van der Waals surface area contributed by atoms with Gasteiger partial charge in [0.15, 0.2) is 0 Å². The van der Waals surface area contributed by atoms with Crippen molar-refractivity contribution >= 4 is 16.9 Å². The van der Waals surface area contributed by atoms with Crippen LogP contribution in [0.4, 0.5) is 8.78 Å². The molecule has 2 aromatic carbocycles. The van der Waals surface area contributed by atoms with Crippen LogP contribution in [0.2, 0.25) is 0 Å². The molecule has 1 saturated heterocycles. The van der Waals surface area contributed by atoms with E-state index >= 15 is 0 Å². The highest BCUT2D eigenvalue weighted by Crippen LogP contribution is 2.33. The molecule has 5 nitrogen and oxygen atoms in total. The summed E-state index contributed by atoms with van der Waals surface area (Å²) >= 11 is 0. The smallest absolute Gasteiger partial charge is 0.303 e. The summed E-state index contributed by atoms with van der Waals surface area (Å²) in [5.41, 5.74) is 1.17. The van der Waals surface area contributed by atoms with E-state index in [1.807, 2.05) is 18.2 Å². The molecule has 4 rings (SSSR count). The van der Waals surface area contributed by atoms with E-state index in [2.05, 4.69) is 4.90 Å². The summed E-state index contributed by atoms with van der Waals surface area (Å²) in [4.78, 5) is 27.1. The Morgan fingerprint density at radius 1 is 1.00 bits per heavy atom. The van der Waals surface area contributed by atoms with E-state index < -0.39 is 5.92 Å². The van der Waals surface area contributed by atoms with Crippen molar-refractivity contribution in [1.82, 2.24) is 14.0 Å². The van der Waals surface area contributed by atoms with Gasteiger partial charge in [-0.3, -0.25) is 9.36 Å². The Morgan fingerprint density at radius 3 is 2.26 bits per heavy atom. The van der Waals surface area contributed by atoms with Gasteiger partial charge in [0.1, 0.15) is 0 Å². The van der Waals surface area contributed by atoms with Gasteiger partial charge >= 0.3 is 5.69 Å². The molecule has 1 aromatic heterocycles. The molecular weight excluding hydrogens is 400 g/mol. The molecule has 0 spiro atoms. The topological polar surface area (TPSA) is 47.2 Å². The van der Waals surface area contributed by atoms with Crippen LogP contribution >= 0.6 is 0 Å². The summed E-state index contributed by atoms with van der Waals surface area (Å²) in [6.07, 6.45) is 1.74. The first-order chi connectivity index (χ1) is 14.9. The van der Waals surface area contributed by atoms with E-state index in [9.17, 15) is 18.4 Å². The monoisotopic (exact) mass is 427 g/mol. The third-order valence-corrected chi connectivity index (χ3v) is 6.18. The van der Waals surface area contributed by atoms with Crippen molar-refractivity contribution in [3.05, 3.63) is 70.6 Å².